The largest absolute Gasteiger partial charge is 0.370 e. The van der Waals surface area contributed by atoms with E-state index in [2.05, 4.69) is 51.1 Å². The van der Waals surface area contributed by atoms with E-state index in [0.29, 0.717) is 0 Å². The summed E-state index contributed by atoms with van der Waals surface area (Å²) in [6.07, 6.45) is 2.83. The minimum atomic E-state index is 0.108. The van der Waals surface area contributed by atoms with Crippen LogP contribution in [0.15, 0.2) is 36.7 Å². The Bertz CT molecular complexity index is 676. The molecule has 120 valence electrons. The predicted molar refractivity (Wildman–Crippen MR) is 89.4 cm³/mol. The Labute approximate surface area is 136 Å². The fourth-order valence-corrected chi connectivity index (χ4v) is 3.44. The molecule has 0 radical (unpaired) electrons. The normalized spacial score (nSPS) is 22.0. The van der Waals surface area contributed by atoms with Gasteiger partial charge in [0, 0.05) is 38.2 Å². The average Bonchev–Trinajstić information content (AvgIpc) is 2.62. The van der Waals surface area contributed by atoms with Gasteiger partial charge in [-0.3, -0.25) is 0 Å². The van der Waals surface area contributed by atoms with Gasteiger partial charge >= 0.3 is 0 Å². The van der Waals surface area contributed by atoms with Crippen LogP contribution in [0.25, 0.3) is 0 Å². The van der Waals surface area contributed by atoms with Crippen LogP contribution in [0.2, 0.25) is 0 Å². The first kappa shape index (κ1) is 14.6. The van der Waals surface area contributed by atoms with Crippen molar-refractivity contribution in [3.05, 3.63) is 53.5 Å². The Morgan fingerprint density at radius 2 is 2.00 bits per heavy atom. The van der Waals surface area contributed by atoms with Crippen molar-refractivity contribution in [3.8, 4) is 0 Å². The molecule has 2 aliphatic heterocycles. The molecule has 1 aromatic heterocycles. The van der Waals surface area contributed by atoms with E-state index in [1.165, 1.54) is 16.8 Å². The van der Waals surface area contributed by atoms with E-state index in [4.69, 9.17) is 4.74 Å². The predicted octanol–water partition coefficient (Wildman–Crippen LogP) is 2.04. The number of ether oxygens (including phenoxy) is 1. The van der Waals surface area contributed by atoms with E-state index in [1.807, 2.05) is 6.07 Å². The first-order chi connectivity index (χ1) is 11.3. The number of rotatable bonds is 2. The van der Waals surface area contributed by atoms with Gasteiger partial charge in [0.25, 0.3) is 0 Å². The molecule has 0 amide bonds. The number of aromatic nitrogens is 2. The van der Waals surface area contributed by atoms with Gasteiger partial charge in [-0.2, -0.15) is 0 Å². The van der Waals surface area contributed by atoms with Gasteiger partial charge in [0.2, 0.25) is 0 Å². The molecule has 2 aliphatic rings. The van der Waals surface area contributed by atoms with Gasteiger partial charge < -0.3 is 14.5 Å². The minimum absolute atomic E-state index is 0.108. The van der Waals surface area contributed by atoms with Crippen LogP contribution in [-0.2, 0) is 17.7 Å². The molecule has 0 unspecified atom stereocenters. The van der Waals surface area contributed by atoms with Crippen LogP contribution in [0, 0.1) is 0 Å². The van der Waals surface area contributed by atoms with Crippen molar-refractivity contribution in [2.24, 2.45) is 0 Å². The summed E-state index contributed by atoms with van der Waals surface area (Å²) in [4.78, 5) is 13.8. The lowest BCUT2D eigenvalue weighted by atomic mass is 10.0. The molecule has 0 spiro atoms. The molecule has 4 rings (SSSR count). The molecular formula is C18H22N4O. The Hall–Kier alpha value is -1.98. The van der Waals surface area contributed by atoms with Gasteiger partial charge in [0.1, 0.15) is 18.2 Å². The zero-order valence-corrected chi connectivity index (χ0v) is 13.5. The Kier molecular flexibility index (Phi) is 3.97. The summed E-state index contributed by atoms with van der Waals surface area (Å²) in [5, 5.41) is 0. The number of likely N-dealkylation sites (N-methyl/N-ethyl adjacent to an activating group) is 1. The van der Waals surface area contributed by atoms with Crippen molar-refractivity contribution in [1.29, 1.82) is 0 Å². The molecule has 1 aromatic carbocycles. The summed E-state index contributed by atoms with van der Waals surface area (Å²) in [5.41, 5.74) is 3.73. The van der Waals surface area contributed by atoms with E-state index < -0.39 is 0 Å². The van der Waals surface area contributed by atoms with Crippen LogP contribution in [0.1, 0.15) is 22.9 Å². The summed E-state index contributed by atoms with van der Waals surface area (Å²) in [6.45, 7) is 4.46. The number of nitrogens with zero attached hydrogens (tertiary/aromatic N) is 4. The first-order valence-corrected chi connectivity index (χ1v) is 8.24. The second-order valence-corrected chi connectivity index (χ2v) is 6.33. The molecule has 1 fully saturated rings. The van der Waals surface area contributed by atoms with Crippen LogP contribution in [0.5, 0.6) is 0 Å². The van der Waals surface area contributed by atoms with Gasteiger partial charge in [-0.05, 0) is 12.6 Å². The lowest BCUT2D eigenvalue weighted by Crippen LogP contribution is -2.40. The van der Waals surface area contributed by atoms with Gasteiger partial charge in [-0.25, -0.2) is 9.97 Å². The number of hydrogen-bond donors (Lipinski definition) is 0. The van der Waals surface area contributed by atoms with Crippen molar-refractivity contribution in [3.63, 3.8) is 0 Å². The number of morpholine rings is 1. The molecular weight excluding hydrogens is 288 g/mol. The second-order valence-electron chi connectivity index (χ2n) is 6.33. The maximum absolute atomic E-state index is 5.99. The lowest BCUT2D eigenvalue weighted by molar-refractivity contribution is 0.0394. The van der Waals surface area contributed by atoms with Crippen molar-refractivity contribution in [2.75, 3.05) is 38.2 Å². The van der Waals surface area contributed by atoms with Gasteiger partial charge in [0.05, 0.1) is 12.3 Å². The van der Waals surface area contributed by atoms with E-state index >= 15 is 0 Å². The second kappa shape index (κ2) is 6.26. The summed E-state index contributed by atoms with van der Waals surface area (Å²) in [6, 6.07) is 10.5. The highest BCUT2D eigenvalue weighted by molar-refractivity contribution is 5.50. The highest BCUT2D eigenvalue weighted by Gasteiger charge is 2.27. The molecule has 3 heterocycles. The third kappa shape index (κ3) is 2.94. The maximum Gasteiger partial charge on any atom is 0.136 e. The summed E-state index contributed by atoms with van der Waals surface area (Å²) < 4.78 is 5.99. The number of anilines is 1. The first-order valence-electron chi connectivity index (χ1n) is 8.24. The third-order valence-corrected chi connectivity index (χ3v) is 4.71. The molecule has 5 heteroatoms. The van der Waals surface area contributed by atoms with Crippen LogP contribution in [0.4, 0.5) is 5.82 Å². The summed E-state index contributed by atoms with van der Waals surface area (Å²) >= 11 is 0. The Morgan fingerprint density at radius 3 is 2.87 bits per heavy atom. The van der Waals surface area contributed by atoms with E-state index in [9.17, 15) is 0 Å². The highest BCUT2D eigenvalue weighted by atomic mass is 16.5. The minimum Gasteiger partial charge on any atom is -0.370 e. The van der Waals surface area contributed by atoms with E-state index in [-0.39, 0.29) is 6.10 Å². The number of benzene rings is 1. The fourth-order valence-electron chi connectivity index (χ4n) is 3.44. The Morgan fingerprint density at radius 1 is 1.13 bits per heavy atom. The van der Waals surface area contributed by atoms with E-state index in [0.717, 1.165) is 45.0 Å². The van der Waals surface area contributed by atoms with Crippen molar-refractivity contribution in [2.45, 2.75) is 19.1 Å². The molecule has 2 aromatic rings. The summed E-state index contributed by atoms with van der Waals surface area (Å²) in [5.74, 6) is 1.09. The zero-order chi connectivity index (χ0) is 15.6. The average molecular weight is 310 g/mol. The van der Waals surface area contributed by atoms with Crippen molar-refractivity contribution < 1.29 is 4.74 Å². The zero-order valence-electron chi connectivity index (χ0n) is 13.5. The molecule has 0 N–H and O–H groups in total. The molecule has 5 nitrogen and oxygen atoms in total. The van der Waals surface area contributed by atoms with Gasteiger partial charge in [-0.15, -0.1) is 0 Å². The van der Waals surface area contributed by atoms with Gasteiger partial charge in [-0.1, -0.05) is 30.3 Å². The fraction of sp³-hybridized carbons (Fsp3) is 0.444. The van der Waals surface area contributed by atoms with Crippen LogP contribution < -0.4 is 4.90 Å². The number of fused-ring (bicyclic) bond motifs is 1. The van der Waals surface area contributed by atoms with Crippen LogP contribution in [0.3, 0.4) is 0 Å². The monoisotopic (exact) mass is 310 g/mol. The Balaban J connectivity index is 1.61. The smallest absolute Gasteiger partial charge is 0.136 e. The van der Waals surface area contributed by atoms with Crippen molar-refractivity contribution >= 4 is 5.82 Å². The SMILES string of the molecule is CN1CCc2ncnc(N3CCO[C@@H](c4ccccc4)C3)c2C1. The third-order valence-electron chi connectivity index (χ3n) is 4.71. The molecule has 0 aliphatic carbocycles. The topological polar surface area (TPSA) is 41.5 Å². The van der Waals surface area contributed by atoms with Crippen LogP contribution in [-0.4, -0.2) is 48.2 Å². The number of hydrogen-bond acceptors (Lipinski definition) is 5. The lowest BCUT2D eigenvalue weighted by Gasteiger charge is -2.36. The molecule has 1 atom stereocenters. The highest BCUT2D eigenvalue weighted by Crippen LogP contribution is 2.29. The maximum atomic E-state index is 5.99. The summed E-state index contributed by atoms with van der Waals surface area (Å²) in [7, 11) is 2.16. The molecule has 0 saturated carbocycles. The molecule has 23 heavy (non-hydrogen) atoms. The standard InChI is InChI=1S/C18H22N4O/c1-21-8-7-16-15(11-21)18(20-13-19-16)22-9-10-23-17(12-22)14-5-3-2-4-6-14/h2-6,13,17H,7-12H2,1H3/t17-/m1/s1. The van der Waals surface area contributed by atoms with E-state index in [1.54, 1.807) is 6.33 Å². The molecule has 1 saturated heterocycles. The van der Waals surface area contributed by atoms with Gasteiger partial charge in [0.15, 0.2) is 0 Å². The molecule has 0 bridgehead atoms. The van der Waals surface area contributed by atoms with Crippen molar-refractivity contribution in [1.82, 2.24) is 14.9 Å². The van der Waals surface area contributed by atoms with Crippen LogP contribution >= 0.6 is 0 Å². The quantitative estimate of drug-likeness (QED) is 0.849.